The van der Waals surface area contributed by atoms with Crippen molar-refractivity contribution in [2.24, 2.45) is 0 Å². The summed E-state index contributed by atoms with van der Waals surface area (Å²) in [6.45, 7) is 4.35. The van der Waals surface area contributed by atoms with Gasteiger partial charge in [-0.05, 0) is 31.9 Å². The van der Waals surface area contributed by atoms with Crippen LogP contribution in [-0.2, 0) is 16.0 Å². The number of nitrogens with one attached hydrogen (secondary N) is 1. The molecule has 7 nitrogen and oxygen atoms in total. The Morgan fingerprint density at radius 1 is 1.25 bits per heavy atom. The van der Waals surface area contributed by atoms with E-state index < -0.39 is 24.9 Å². The fourth-order valence-corrected chi connectivity index (χ4v) is 2.54. The van der Waals surface area contributed by atoms with E-state index in [0.717, 1.165) is 10.9 Å². The van der Waals surface area contributed by atoms with Crippen molar-refractivity contribution in [2.75, 3.05) is 13.1 Å². The van der Waals surface area contributed by atoms with E-state index in [-0.39, 0.29) is 6.42 Å². The number of carbonyl (C=O) groups is 2. The molecule has 0 fully saturated rings. The fraction of sp³-hybridized carbons (Fsp3) is 0.375. The Morgan fingerprint density at radius 3 is 2.54 bits per heavy atom. The van der Waals surface area contributed by atoms with Gasteiger partial charge >= 0.3 is 18.9 Å². The molecule has 2 aromatic rings. The summed E-state index contributed by atoms with van der Waals surface area (Å²) in [6, 6.07) is 7.32. The van der Waals surface area contributed by atoms with Crippen molar-refractivity contribution in [1.29, 1.82) is 0 Å². The maximum atomic E-state index is 12.1. The number of furan rings is 1. The van der Waals surface area contributed by atoms with Crippen LogP contribution in [0.4, 0.5) is 0 Å². The van der Waals surface area contributed by atoms with E-state index in [0.29, 0.717) is 18.7 Å². The smallest absolute Gasteiger partial charge is 0.464 e. The Kier molecular flexibility index (Phi) is 6.00. The molecule has 2 rings (SSSR count). The largest absolute Gasteiger partial charge is 0.475 e. The van der Waals surface area contributed by atoms with Gasteiger partial charge in [0.15, 0.2) is 0 Å². The van der Waals surface area contributed by atoms with Crippen LogP contribution in [-0.4, -0.2) is 52.9 Å². The van der Waals surface area contributed by atoms with Gasteiger partial charge in [0.25, 0.3) is 0 Å². The monoisotopic (exact) mass is 332 g/mol. The average molecular weight is 332 g/mol. The van der Waals surface area contributed by atoms with Crippen LogP contribution >= 0.6 is 0 Å². The molecule has 0 aliphatic heterocycles. The zero-order chi connectivity index (χ0) is 17.7. The minimum absolute atomic E-state index is 0.131. The number of benzene rings is 1. The Bertz CT molecular complexity index is 711. The summed E-state index contributed by atoms with van der Waals surface area (Å²) in [7, 11) is -1.80. The number of nitrogens with zero attached hydrogens (tertiary/aromatic N) is 1. The first-order valence-electron chi connectivity index (χ1n) is 7.88. The van der Waals surface area contributed by atoms with E-state index in [2.05, 4.69) is 5.32 Å². The van der Waals surface area contributed by atoms with Gasteiger partial charge in [-0.3, -0.25) is 9.59 Å². The highest BCUT2D eigenvalue weighted by atomic mass is 16.4. The van der Waals surface area contributed by atoms with Gasteiger partial charge in [0.05, 0.1) is 12.2 Å². The van der Waals surface area contributed by atoms with Crippen molar-refractivity contribution >= 4 is 29.9 Å². The molecular weight excluding hydrogens is 311 g/mol. The van der Waals surface area contributed by atoms with Crippen LogP contribution in [0, 0.1) is 0 Å². The van der Waals surface area contributed by atoms with Gasteiger partial charge in [0.1, 0.15) is 5.58 Å². The first-order valence-corrected chi connectivity index (χ1v) is 7.88. The van der Waals surface area contributed by atoms with Crippen molar-refractivity contribution in [1.82, 2.24) is 10.2 Å². The number of hydrogen-bond donors (Lipinski definition) is 3. The summed E-state index contributed by atoms with van der Waals surface area (Å²) < 4.78 is 5.40. The van der Waals surface area contributed by atoms with E-state index >= 15 is 0 Å². The van der Waals surface area contributed by atoms with Crippen LogP contribution in [0.5, 0.6) is 0 Å². The second-order valence-electron chi connectivity index (χ2n) is 5.43. The fourth-order valence-electron chi connectivity index (χ4n) is 2.54. The zero-order valence-corrected chi connectivity index (χ0v) is 13.7. The Hall–Kier alpha value is -2.32. The summed E-state index contributed by atoms with van der Waals surface area (Å²) in [5.74, 6) is -2.56. The van der Waals surface area contributed by atoms with E-state index in [1.54, 1.807) is 19.9 Å². The summed E-state index contributed by atoms with van der Waals surface area (Å²) in [5, 5.41) is 22.3. The standard InChI is InChI=1S/C16H21BN2O5/c1-3-19(4-2)16(21)15(20)18-14(17(22)23)9-11-10-24-13-8-6-5-7-12(11)13/h5-8,10,14,22-23H,3-4,9H2,1-2H3,(H,18,20)/t14-/m0/s1. The molecule has 0 spiro atoms. The van der Waals surface area contributed by atoms with Crippen LogP contribution in [0.1, 0.15) is 19.4 Å². The zero-order valence-electron chi connectivity index (χ0n) is 13.7. The van der Waals surface area contributed by atoms with Gasteiger partial charge < -0.3 is 24.7 Å². The molecule has 0 unspecified atom stereocenters. The van der Waals surface area contributed by atoms with E-state index in [1.165, 1.54) is 11.2 Å². The minimum Gasteiger partial charge on any atom is -0.464 e. The molecule has 0 saturated carbocycles. The molecule has 2 amide bonds. The highest BCUT2D eigenvalue weighted by molar-refractivity contribution is 6.45. The van der Waals surface area contributed by atoms with Crippen molar-refractivity contribution in [3.8, 4) is 0 Å². The van der Waals surface area contributed by atoms with Crippen LogP contribution in [0.2, 0.25) is 0 Å². The molecular formula is C16H21BN2O5. The normalized spacial score (nSPS) is 12.0. The second kappa shape index (κ2) is 7.98. The summed E-state index contributed by atoms with van der Waals surface area (Å²) in [6.07, 6.45) is 1.64. The number of likely N-dealkylation sites (N-methyl/N-ethyl adjacent to an activating group) is 1. The van der Waals surface area contributed by atoms with Gasteiger partial charge in [-0.25, -0.2) is 0 Å². The lowest BCUT2D eigenvalue weighted by molar-refractivity contribution is -0.145. The van der Waals surface area contributed by atoms with E-state index in [9.17, 15) is 19.6 Å². The highest BCUT2D eigenvalue weighted by Crippen LogP contribution is 2.22. The molecule has 1 aromatic carbocycles. The summed E-state index contributed by atoms with van der Waals surface area (Å²) in [4.78, 5) is 25.4. The lowest BCUT2D eigenvalue weighted by Crippen LogP contribution is -2.52. The third kappa shape index (κ3) is 3.96. The van der Waals surface area contributed by atoms with Crippen LogP contribution in [0.3, 0.4) is 0 Å². The Morgan fingerprint density at radius 2 is 1.92 bits per heavy atom. The second-order valence-corrected chi connectivity index (χ2v) is 5.43. The number of amides is 2. The molecule has 0 aliphatic rings. The van der Waals surface area contributed by atoms with Crippen LogP contribution in [0.15, 0.2) is 34.9 Å². The highest BCUT2D eigenvalue weighted by Gasteiger charge is 2.30. The van der Waals surface area contributed by atoms with Crippen LogP contribution < -0.4 is 5.32 Å². The molecule has 0 saturated heterocycles. The number of rotatable bonds is 6. The SMILES string of the molecule is CCN(CC)C(=O)C(=O)N[C@@H](Cc1coc2ccccc12)B(O)O. The molecule has 1 heterocycles. The number of para-hydroxylation sites is 1. The number of hydrogen-bond acceptors (Lipinski definition) is 5. The molecule has 0 aliphatic carbocycles. The predicted molar refractivity (Wildman–Crippen MR) is 90.0 cm³/mol. The van der Waals surface area contributed by atoms with Crippen molar-refractivity contribution in [2.45, 2.75) is 26.2 Å². The molecule has 0 radical (unpaired) electrons. The lowest BCUT2D eigenvalue weighted by Gasteiger charge is -2.21. The van der Waals surface area contributed by atoms with Gasteiger partial charge in [-0.15, -0.1) is 0 Å². The summed E-state index contributed by atoms with van der Waals surface area (Å²) in [5.41, 5.74) is 1.39. The van der Waals surface area contributed by atoms with Crippen molar-refractivity contribution < 1.29 is 24.1 Å². The third-order valence-electron chi connectivity index (χ3n) is 3.92. The minimum atomic E-state index is -1.80. The maximum Gasteiger partial charge on any atom is 0.475 e. The maximum absolute atomic E-state index is 12.1. The molecule has 3 N–H and O–H groups in total. The number of carbonyl (C=O) groups excluding carboxylic acids is 2. The van der Waals surface area contributed by atoms with Gasteiger partial charge in [0.2, 0.25) is 0 Å². The summed E-state index contributed by atoms with van der Waals surface area (Å²) >= 11 is 0. The molecule has 24 heavy (non-hydrogen) atoms. The number of fused-ring (bicyclic) bond motifs is 1. The predicted octanol–water partition coefficient (Wildman–Crippen LogP) is 0.340. The molecule has 0 bridgehead atoms. The van der Waals surface area contributed by atoms with E-state index in [1.807, 2.05) is 18.2 Å². The first-order chi connectivity index (χ1) is 11.5. The lowest BCUT2D eigenvalue weighted by atomic mass is 9.76. The average Bonchev–Trinajstić information content (AvgIpc) is 2.98. The van der Waals surface area contributed by atoms with Gasteiger partial charge in [-0.2, -0.15) is 0 Å². The van der Waals surface area contributed by atoms with Crippen molar-refractivity contribution in [3.05, 3.63) is 36.1 Å². The quantitative estimate of drug-likeness (QED) is 0.523. The van der Waals surface area contributed by atoms with Gasteiger partial charge in [-0.1, -0.05) is 18.2 Å². The first kappa shape index (κ1) is 18.0. The Labute approximate surface area is 140 Å². The molecule has 1 atom stereocenters. The molecule has 1 aromatic heterocycles. The topological polar surface area (TPSA) is 103 Å². The van der Waals surface area contributed by atoms with Crippen LogP contribution in [0.25, 0.3) is 11.0 Å². The Balaban J connectivity index is 2.12. The molecule has 128 valence electrons. The van der Waals surface area contributed by atoms with Gasteiger partial charge in [0, 0.05) is 18.5 Å². The molecule has 8 heteroatoms. The van der Waals surface area contributed by atoms with Crippen molar-refractivity contribution in [3.63, 3.8) is 0 Å². The van der Waals surface area contributed by atoms with E-state index in [4.69, 9.17) is 4.42 Å². The third-order valence-corrected chi connectivity index (χ3v) is 3.92.